The molecule has 5 N–H and O–H groups in total. The molecule has 0 fully saturated rings. The first kappa shape index (κ1) is 23.6. The summed E-state index contributed by atoms with van der Waals surface area (Å²) in [4.78, 5) is 41.6. The Morgan fingerprint density at radius 3 is 1.55 bits per heavy atom. The van der Waals surface area contributed by atoms with Crippen molar-refractivity contribution < 1.29 is 43.8 Å². The summed E-state index contributed by atoms with van der Waals surface area (Å²) in [6.45, 7) is 9.42. The van der Waals surface area contributed by atoms with Gasteiger partial charge >= 0.3 is 19.8 Å². The maximum atomic E-state index is 10.5. The molecule has 0 aromatic rings. The van der Waals surface area contributed by atoms with Crippen LogP contribution in [0.3, 0.4) is 0 Å². The third kappa shape index (κ3) is 36.0. The minimum atomic E-state index is -4.64. The van der Waals surface area contributed by atoms with E-state index in [4.69, 9.17) is 29.5 Å². The molecule has 118 valence electrons. The molecule has 20 heavy (non-hydrogen) atoms. The van der Waals surface area contributed by atoms with Crippen LogP contribution in [-0.4, -0.2) is 50.0 Å². The second-order valence-electron chi connectivity index (χ2n) is 3.24. The molecule has 9 nitrogen and oxygen atoms in total. The molecule has 0 radical (unpaired) electrons. The predicted molar refractivity (Wildman–Crippen MR) is 69.6 cm³/mol. The Morgan fingerprint density at radius 1 is 1.10 bits per heavy atom. The average Bonchev–Trinajstić information content (AvgIpc) is 2.23. The number of carboxylic acid groups (broad SMARTS) is 1. The molecular formula is C10H19O9P. The van der Waals surface area contributed by atoms with Crippen molar-refractivity contribution in [3.8, 4) is 0 Å². The van der Waals surface area contributed by atoms with Crippen LogP contribution in [0.25, 0.3) is 0 Å². The molecule has 0 aliphatic heterocycles. The minimum absolute atomic E-state index is 0.0473. The molecule has 0 amide bonds. The Balaban J connectivity index is -0.000000230. The lowest BCUT2D eigenvalue weighted by molar-refractivity contribution is -0.140. The van der Waals surface area contributed by atoms with Gasteiger partial charge in [-0.15, -0.1) is 0 Å². The van der Waals surface area contributed by atoms with Crippen LogP contribution in [0.1, 0.15) is 13.8 Å². The van der Waals surface area contributed by atoms with E-state index >= 15 is 0 Å². The summed E-state index contributed by atoms with van der Waals surface area (Å²) in [5.41, 5.74) is 0.526. The summed E-state index contributed by atoms with van der Waals surface area (Å²) in [6, 6.07) is 0. The summed E-state index contributed by atoms with van der Waals surface area (Å²) in [7, 11) is -4.64. The van der Waals surface area contributed by atoms with Gasteiger partial charge in [0.25, 0.3) is 0 Å². The molecule has 0 saturated heterocycles. The van der Waals surface area contributed by atoms with Crippen LogP contribution in [0.5, 0.6) is 0 Å². The molecule has 0 aliphatic carbocycles. The summed E-state index contributed by atoms with van der Waals surface area (Å²) in [6.07, 6.45) is 0. The van der Waals surface area contributed by atoms with E-state index in [-0.39, 0.29) is 18.8 Å². The van der Waals surface area contributed by atoms with Crippen LogP contribution >= 0.6 is 7.82 Å². The van der Waals surface area contributed by atoms with Crippen molar-refractivity contribution in [3.05, 3.63) is 24.3 Å². The molecule has 0 aliphatic rings. The fourth-order valence-corrected chi connectivity index (χ4v) is 0.262. The van der Waals surface area contributed by atoms with E-state index in [1.807, 2.05) is 0 Å². The summed E-state index contributed by atoms with van der Waals surface area (Å²) in [5.74, 6) is -1.39. The van der Waals surface area contributed by atoms with E-state index in [1.165, 1.54) is 6.92 Å². The SMILES string of the molecule is C=C(C)C(=O)O.C=C(C)C(=O)OCCO.O=P(O)(O)O. The van der Waals surface area contributed by atoms with Crippen molar-refractivity contribution in [1.29, 1.82) is 0 Å². The first-order valence-electron chi connectivity index (χ1n) is 4.93. The molecule has 0 unspecified atom stereocenters. The smallest absolute Gasteiger partial charge is 0.466 e. The van der Waals surface area contributed by atoms with E-state index < -0.39 is 19.8 Å². The van der Waals surface area contributed by atoms with Gasteiger partial charge in [0.15, 0.2) is 0 Å². The van der Waals surface area contributed by atoms with E-state index in [0.29, 0.717) is 5.57 Å². The zero-order valence-corrected chi connectivity index (χ0v) is 12.0. The number of hydrogen-bond donors (Lipinski definition) is 5. The van der Waals surface area contributed by atoms with Gasteiger partial charge in [-0.25, -0.2) is 14.2 Å². The maximum absolute atomic E-state index is 10.5. The van der Waals surface area contributed by atoms with Gasteiger partial charge in [-0.05, 0) is 13.8 Å². The van der Waals surface area contributed by atoms with E-state index in [1.54, 1.807) is 6.92 Å². The van der Waals surface area contributed by atoms with Gasteiger partial charge in [0.1, 0.15) is 6.61 Å². The van der Waals surface area contributed by atoms with Crippen molar-refractivity contribution in [2.24, 2.45) is 0 Å². The number of phosphoric acid groups is 1. The molecule has 0 atom stereocenters. The number of aliphatic hydroxyl groups is 1. The number of carbonyl (C=O) groups is 2. The van der Waals surface area contributed by atoms with Gasteiger partial charge in [-0.2, -0.15) is 0 Å². The fraction of sp³-hybridized carbons (Fsp3) is 0.400. The zero-order valence-electron chi connectivity index (χ0n) is 11.1. The van der Waals surface area contributed by atoms with Crippen molar-refractivity contribution in [1.82, 2.24) is 0 Å². The Labute approximate surface area is 116 Å². The molecule has 0 aromatic carbocycles. The zero-order chi connectivity index (χ0) is 16.9. The summed E-state index contributed by atoms with van der Waals surface area (Å²) in [5, 5.41) is 16.1. The van der Waals surface area contributed by atoms with Gasteiger partial charge in [-0.1, -0.05) is 13.2 Å². The molecule has 0 rings (SSSR count). The van der Waals surface area contributed by atoms with Crippen molar-refractivity contribution in [3.63, 3.8) is 0 Å². The van der Waals surface area contributed by atoms with Gasteiger partial charge in [-0.3, -0.25) is 0 Å². The van der Waals surface area contributed by atoms with Gasteiger partial charge in [0, 0.05) is 11.1 Å². The number of ether oxygens (including phenoxy) is 1. The number of esters is 1. The first-order valence-corrected chi connectivity index (χ1v) is 6.50. The second kappa shape index (κ2) is 12.5. The van der Waals surface area contributed by atoms with E-state index in [0.717, 1.165) is 0 Å². The first-order chi connectivity index (χ1) is 8.82. The highest BCUT2D eigenvalue weighted by atomic mass is 31.2. The van der Waals surface area contributed by atoms with Crippen molar-refractivity contribution in [2.45, 2.75) is 13.8 Å². The van der Waals surface area contributed by atoms with E-state index in [9.17, 15) is 9.59 Å². The average molecular weight is 314 g/mol. The van der Waals surface area contributed by atoms with Crippen LogP contribution in [0.4, 0.5) is 0 Å². The minimum Gasteiger partial charge on any atom is -0.478 e. The Morgan fingerprint density at radius 2 is 1.40 bits per heavy atom. The summed E-state index contributed by atoms with van der Waals surface area (Å²) >= 11 is 0. The second-order valence-corrected chi connectivity index (χ2v) is 4.27. The molecule has 10 heteroatoms. The number of aliphatic hydroxyl groups excluding tert-OH is 1. The standard InChI is InChI=1S/C6H10O3.C4H6O2.H3O4P/c1-5(2)6(8)9-4-3-7;1-3(2)4(5)6;1-5(2,3)4/h7H,1,3-4H2,2H3;1H2,2H3,(H,5,6);(H3,1,2,3,4). The Bertz CT molecular complexity index is 362. The molecular weight excluding hydrogens is 295 g/mol. The number of rotatable bonds is 4. The van der Waals surface area contributed by atoms with Crippen molar-refractivity contribution in [2.75, 3.05) is 13.2 Å². The van der Waals surface area contributed by atoms with Crippen LogP contribution in [0.15, 0.2) is 24.3 Å². The van der Waals surface area contributed by atoms with Crippen molar-refractivity contribution >= 4 is 19.8 Å². The maximum Gasteiger partial charge on any atom is 0.466 e. The van der Waals surface area contributed by atoms with E-state index in [2.05, 4.69) is 17.9 Å². The number of aliphatic carboxylic acids is 1. The lowest BCUT2D eigenvalue weighted by Crippen LogP contribution is -2.08. The van der Waals surface area contributed by atoms with Crippen LogP contribution < -0.4 is 0 Å². The Kier molecular flexibility index (Phi) is 14.8. The third-order valence-corrected chi connectivity index (χ3v) is 1.04. The van der Waals surface area contributed by atoms with Gasteiger partial charge < -0.3 is 29.6 Å². The third-order valence-electron chi connectivity index (χ3n) is 1.04. The predicted octanol–water partition coefficient (Wildman–Crippen LogP) is -0.184. The van der Waals surface area contributed by atoms with Crippen LogP contribution in [0, 0.1) is 0 Å². The van der Waals surface area contributed by atoms with Crippen LogP contribution in [0.2, 0.25) is 0 Å². The quantitative estimate of drug-likeness (QED) is 0.269. The number of hydrogen-bond acceptors (Lipinski definition) is 5. The van der Waals surface area contributed by atoms with Gasteiger partial charge in [0.05, 0.1) is 6.61 Å². The molecule has 0 spiro atoms. The monoisotopic (exact) mass is 314 g/mol. The lowest BCUT2D eigenvalue weighted by atomic mass is 10.4. The molecule has 0 bridgehead atoms. The highest BCUT2D eigenvalue weighted by Gasteiger charge is 2.00. The topological polar surface area (TPSA) is 162 Å². The Hall–Kier alpha value is -1.51. The number of carbonyl (C=O) groups excluding carboxylic acids is 1. The normalized spacial score (nSPS) is 9.10. The fourth-order valence-electron chi connectivity index (χ4n) is 0.262. The van der Waals surface area contributed by atoms with Gasteiger partial charge in [0.2, 0.25) is 0 Å². The van der Waals surface area contributed by atoms with Crippen LogP contribution in [-0.2, 0) is 18.9 Å². The summed E-state index contributed by atoms with van der Waals surface area (Å²) < 4.78 is 13.3. The highest BCUT2D eigenvalue weighted by molar-refractivity contribution is 7.45. The largest absolute Gasteiger partial charge is 0.478 e. The lowest BCUT2D eigenvalue weighted by Gasteiger charge is -1.99. The molecule has 0 heterocycles. The molecule has 0 saturated carbocycles. The number of carboxylic acids is 1. The molecule has 0 aromatic heterocycles. The highest BCUT2D eigenvalue weighted by Crippen LogP contribution is 2.25.